The van der Waals surface area contributed by atoms with Gasteiger partial charge in [0.05, 0.1) is 6.26 Å². The average molecular weight is 457 g/mol. The lowest BCUT2D eigenvalue weighted by molar-refractivity contribution is 0.0724. The minimum Gasteiger partial charge on any atom is -0.459 e. The Hall–Kier alpha value is -4.20. The first-order valence-corrected chi connectivity index (χ1v) is 11.3. The van der Waals surface area contributed by atoms with Gasteiger partial charge in [0, 0.05) is 35.5 Å². The molecule has 8 heteroatoms. The van der Waals surface area contributed by atoms with E-state index in [4.69, 9.17) is 8.94 Å². The Morgan fingerprint density at radius 3 is 2.62 bits per heavy atom. The molecule has 0 bridgehead atoms. The van der Waals surface area contributed by atoms with Gasteiger partial charge in [0.15, 0.2) is 5.76 Å². The molecule has 0 radical (unpaired) electrons. The summed E-state index contributed by atoms with van der Waals surface area (Å²) in [5.41, 5.74) is 3.49. The molecule has 1 saturated heterocycles. The molecule has 2 amide bonds. The number of furan rings is 1. The van der Waals surface area contributed by atoms with Gasteiger partial charge >= 0.3 is 0 Å². The van der Waals surface area contributed by atoms with Gasteiger partial charge in [0.25, 0.3) is 17.7 Å². The number of aromatic nitrogens is 2. The van der Waals surface area contributed by atoms with E-state index in [0.29, 0.717) is 34.1 Å². The summed E-state index contributed by atoms with van der Waals surface area (Å²) in [7, 11) is 0. The highest BCUT2D eigenvalue weighted by Crippen LogP contribution is 2.27. The van der Waals surface area contributed by atoms with E-state index in [1.165, 1.54) is 12.7 Å². The Bertz CT molecular complexity index is 1320. The molecule has 172 valence electrons. The number of likely N-dealkylation sites (tertiary alicyclic amines) is 1. The predicted molar refractivity (Wildman–Crippen MR) is 126 cm³/mol. The number of nitrogens with one attached hydrogen (secondary N) is 1. The van der Waals surface area contributed by atoms with E-state index < -0.39 is 0 Å². The van der Waals surface area contributed by atoms with Crippen LogP contribution in [-0.4, -0.2) is 39.9 Å². The highest BCUT2D eigenvalue weighted by Gasteiger charge is 2.20. The Kier molecular flexibility index (Phi) is 5.95. The van der Waals surface area contributed by atoms with Crippen LogP contribution in [0.2, 0.25) is 0 Å². The predicted octanol–water partition coefficient (Wildman–Crippen LogP) is 5.18. The van der Waals surface area contributed by atoms with Gasteiger partial charge in [-0.05, 0) is 68.1 Å². The van der Waals surface area contributed by atoms with Crippen LogP contribution in [0.3, 0.4) is 0 Å². The van der Waals surface area contributed by atoms with Crippen LogP contribution < -0.4 is 5.32 Å². The summed E-state index contributed by atoms with van der Waals surface area (Å²) in [6.45, 7) is 3.48. The maximum Gasteiger partial charge on any atom is 0.291 e. The van der Waals surface area contributed by atoms with Gasteiger partial charge < -0.3 is 19.2 Å². The van der Waals surface area contributed by atoms with Crippen LogP contribution in [-0.2, 0) is 0 Å². The number of hydrogen-bond acceptors (Lipinski definition) is 6. The van der Waals surface area contributed by atoms with E-state index in [1.54, 1.807) is 24.3 Å². The highest BCUT2D eigenvalue weighted by molar-refractivity contribution is 6.03. The Morgan fingerprint density at radius 2 is 1.82 bits per heavy atom. The number of benzene rings is 2. The first-order chi connectivity index (χ1) is 16.6. The zero-order valence-electron chi connectivity index (χ0n) is 18.8. The van der Waals surface area contributed by atoms with Crippen molar-refractivity contribution in [2.24, 2.45) is 0 Å². The second-order valence-electron chi connectivity index (χ2n) is 8.32. The second kappa shape index (κ2) is 9.35. The number of amides is 2. The normalized spacial score (nSPS) is 13.6. The van der Waals surface area contributed by atoms with Crippen LogP contribution >= 0.6 is 0 Å². The summed E-state index contributed by atoms with van der Waals surface area (Å²) < 4.78 is 10.7. The van der Waals surface area contributed by atoms with Crippen molar-refractivity contribution in [2.45, 2.75) is 26.2 Å². The van der Waals surface area contributed by atoms with Crippen molar-refractivity contribution in [3.05, 3.63) is 77.7 Å². The summed E-state index contributed by atoms with van der Waals surface area (Å²) in [6.07, 6.45) is 4.70. The number of rotatable bonds is 5. The first-order valence-electron chi connectivity index (χ1n) is 11.3. The molecular weight excluding hydrogens is 432 g/mol. The molecule has 1 aliphatic rings. The third kappa shape index (κ3) is 4.47. The maximum absolute atomic E-state index is 12.9. The fourth-order valence-corrected chi connectivity index (χ4v) is 4.01. The van der Waals surface area contributed by atoms with Gasteiger partial charge in [0.2, 0.25) is 5.82 Å². The monoisotopic (exact) mass is 456 g/mol. The molecule has 2 aromatic carbocycles. The molecule has 1 N–H and O–H groups in total. The average Bonchev–Trinajstić information content (AvgIpc) is 3.59. The van der Waals surface area contributed by atoms with Crippen molar-refractivity contribution >= 4 is 17.5 Å². The van der Waals surface area contributed by atoms with Crippen molar-refractivity contribution in [2.75, 3.05) is 18.4 Å². The smallest absolute Gasteiger partial charge is 0.291 e. The number of carbonyl (C=O) groups is 2. The van der Waals surface area contributed by atoms with Gasteiger partial charge in [-0.3, -0.25) is 9.59 Å². The number of piperidine rings is 1. The van der Waals surface area contributed by atoms with E-state index in [-0.39, 0.29) is 17.6 Å². The number of anilines is 1. The fourth-order valence-electron chi connectivity index (χ4n) is 4.01. The van der Waals surface area contributed by atoms with Crippen LogP contribution in [0.25, 0.3) is 22.8 Å². The Labute approximate surface area is 196 Å². The van der Waals surface area contributed by atoms with E-state index in [1.807, 2.05) is 42.2 Å². The molecule has 3 heterocycles. The highest BCUT2D eigenvalue weighted by atomic mass is 16.5. The maximum atomic E-state index is 12.9. The SMILES string of the molecule is Cc1ccc(-c2nc(-c3cccc(C(=O)N4CCCCC4)c3)no2)cc1NC(=O)c1ccco1. The molecule has 34 heavy (non-hydrogen) atoms. The zero-order valence-corrected chi connectivity index (χ0v) is 18.8. The number of nitrogens with zero attached hydrogens (tertiary/aromatic N) is 3. The lowest BCUT2D eigenvalue weighted by Crippen LogP contribution is -2.35. The summed E-state index contributed by atoms with van der Waals surface area (Å²) >= 11 is 0. The summed E-state index contributed by atoms with van der Waals surface area (Å²) in [6, 6.07) is 16.1. The number of hydrogen-bond donors (Lipinski definition) is 1. The zero-order chi connectivity index (χ0) is 23.5. The van der Waals surface area contributed by atoms with Crippen molar-refractivity contribution in [1.29, 1.82) is 0 Å². The van der Waals surface area contributed by atoms with E-state index in [9.17, 15) is 9.59 Å². The standard InChI is InChI=1S/C26H24N4O4/c1-17-10-11-19(16-21(17)27-24(31)22-9-6-14-33-22)25-28-23(29-34-25)18-7-5-8-20(15-18)26(32)30-12-3-2-4-13-30/h5-11,14-16H,2-4,12-13H2,1H3,(H,27,31). The molecule has 8 nitrogen and oxygen atoms in total. The Morgan fingerprint density at radius 1 is 0.971 bits per heavy atom. The second-order valence-corrected chi connectivity index (χ2v) is 8.32. The number of carbonyl (C=O) groups excluding carboxylic acids is 2. The van der Waals surface area contributed by atoms with Crippen molar-refractivity contribution in [1.82, 2.24) is 15.0 Å². The van der Waals surface area contributed by atoms with Crippen LogP contribution in [0.5, 0.6) is 0 Å². The van der Waals surface area contributed by atoms with Crippen molar-refractivity contribution in [3.8, 4) is 22.8 Å². The molecule has 0 saturated carbocycles. The van der Waals surface area contributed by atoms with E-state index in [0.717, 1.165) is 31.5 Å². The third-order valence-corrected chi connectivity index (χ3v) is 5.91. The minimum absolute atomic E-state index is 0.0285. The van der Waals surface area contributed by atoms with Gasteiger partial charge in [-0.15, -0.1) is 0 Å². The molecular formula is C26H24N4O4. The molecule has 0 aliphatic carbocycles. The summed E-state index contributed by atoms with van der Waals surface area (Å²) in [5.74, 6) is 0.623. The Balaban J connectivity index is 1.37. The molecule has 5 rings (SSSR count). The number of aryl methyl sites for hydroxylation is 1. The fraction of sp³-hybridized carbons (Fsp3) is 0.231. The topological polar surface area (TPSA) is 101 Å². The molecule has 1 aliphatic heterocycles. The van der Waals surface area contributed by atoms with Crippen molar-refractivity contribution < 1.29 is 18.5 Å². The van der Waals surface area contributed by atoms with Gasteiger partial charge in [0.1, 0.15) is 0 Å². The largest absolute Gasteiger partial charge is 0.459 e. The van der Waals surface area contributed by atoms with Crippen LogP contribution in [0, 0.1) is 6.92 Å². The molecule has 0 unspecified atom stereocenters. The van der Waals surface area contributed by atoms with Crippen LogP contribution in [0.1, 0.15) is 45.7 Å². The molecule has 2 aromatic heterocycles. The van der Waals surface area contributed by atoms with E-state index in [2.05, 4.69) is 15.5 Å². The summed E-state index contributed by atoms with van der Waals surface area (Å²) in [5, 5.41) is 6.96. The molecule has 0 spiro atoms. The van der Waals surface area contributed by atoms with E-state index >= 15 is 0 Å². The molecule has 1 fully saturated rings. The van der Waals surface area contributed by atoms with Crippen LogP contribution in [0.4, 0.5) is 5.69 Å². The first kappa shape index (κ1) is 21.6. The van der Waals surface area contributed by atoms with Gasteiger partial charge in [-0.1, -0.05) is 23.4 Å². The van der Waals surface area contributed by atoms with Gasteiger partial charge in [-0.25, -0.2) is 0 Å². The molecule has 4 aromatic rings. The van der Waals surface area contributed by atoms with Crippen LogP contribution in [0.15, 0.2) is 69.8 Å². The van der Waals surface area contributed by atoms with Crippen molar-refractivity contribution in [3.63, 3.8) is 0 Å². The summed E-state index contributed by atoms with van der Waals surface area (Å²) in [4.78, 5) is 31.7. The van der Waals surface area contributed by atoms with Gasteiger partial charge in [-0.2, -0.15) is 4.98 Å². The molecule has 0 atom stereocenters. The lowest BCUT2D eigenvalue weighted by Gasteiger charge is -2.26. The lowest BCUT2D eigenvalue weighted by atomic mass is 10.1. The third-order valence-electron chi connectivity index (χ3n) is 5.91. The minimum atomic E-state index is -0.341. The quantitative estimate of drug-likeness (QED) is 0.444.